The Morgan fingerprint density at radius 3 is 3.04 bits per heavy atom. The summed E-state index contributed by atoms with van der Waals surface area (Å²) in [6.45, 7) is 3.46. The molecule has 3 fully saturated rings. The summed E-state index contributed by atoms with van der Waals surface area (Å²) >= 11 is 0. The first-order chi connectivity index (χ1) is 11.2. The summed E-state index contributed by atoms with van der Waals surface area (Å²) in [6.07, 6.45) is 8.54. The third-order valence-electron chi connectivity index (χ3n) is 5.43. The van der Waals surface area contributed by atoms with E-state index >= 15 is 0 Å². The van der Waals surface area contributed by atoms with Crippen molar-refractivity contribution in [1.82, 2.24) is 20.0 Å². The lowest BCUT2D eigenvalue weighted by molar-refractivity contribution is -0.125. The highest BCUT2D eigenvalue weighted by molar-refractivity contribution is 5.79. The summed E-state index contributed by atoms with van der Waals surface area (Å²) in [5.74, 6) is 1.08. The molecule has 0 bridgehead atoms. The summed E-state index contributed by atoms with van der Waals surface area (Å²) in [7, 11) is 1.95. The maximum absolute atomic E-state index is 12.4. The number of ether oxygens (including phenoxy) is 1. The molecule has 0 radical (unpaired) electrons. The van der Waals surface area contributed by atoms with Crippen LogP contribution in [0.5, 0.6) is 0 Å². The van der Waals surface area contributed by atoms with Crippen molar-refractivity contribution in [2.75, 3.05) is 19.7 Å². The Balaban J connectivity index is 1.36. The first kappa shape index (κ1) is 15.1. The molecule has 1 aromatic rings. The van der Waals surface area contributed by atoms with Crippen LogP contribution in [-0.4, -0.2) is 52.4 Å². The Hall–Kier alpha value is -1.40. The van der Waals surface area contributed by atoms with Gasteiger partial charge in [0.25, 0.3) is 0 Å². The fourth-order valence-corrected chi connectivity index (χ4v) is 3.94. The lowest BCUT2D eigenvalue weighted by atomic mass is 10.1. The maximum atomic E-state index is 12.4. The largest absolute Gasteiger partial charge is 0.375 e. The van der Waals surface area contributed by atoms with Crippen molar-refractivity contribution >= 4 is 5.91 Å². The van der Waals surface area contributed by atoms with E-state index in [-0.39, 0.29) is 17.9 Å². The van der Waals surface area contributed by atoms with Crippen LogP contribution in [0.1, 0.15) is 31.2 Å². The number of carbonyl (C=O) groups is 1. The molecule has 0 aromatic carbocycles. The average molecular weight is 318 g/mol. The molecule has 0 spiro atoms. The van der Waals surface area contributed by atoms with Gasteiger partial charge in [-0.2, -0.15) is 5.10 Å². The summed E-state index contributed by atoms with van der Waals surface area (Å²) in [4.78, 5) is 14.9. The van der Waals surface area contributed by atoms with Gasteiger partial charge in [0.2, 0.25) is 5.91 Å². The molecule has 1 aliphatic heterocycles. The second-order valence-electron chi connectivity index (χ2n) is 7.33. The third-order valence-corrected chi connectivity index (χ3v) is 5.43. The van der Waals surface area contributed by atoms with Gasteiger partial charge in [0.05, 0.1) is 18.9 Å². The first-order valence-electron chi connectivity index (χ1n) is 8.80. The highest BCUT2D eigenvalue weighted by atomic mass is 16.5. The van der Waals surface area contributed by atoms with E-state index in [1.165, 1.54) is 18.4 Å². The lowest BCUT2D eigenvalue weighted by Gasteiger charge is -2.37. The minimum Gasteiger partial charge on any atom is -0.375 e. The Kier molecular flexibility index (Phi) is 4.11. The third kappa shape index (κ3) is 3.43. The quantitative estimate of drug-likeness (QED) is 0.877. The molecular weight excluding hydrogens is 292 g/mol. The molecular formula is C17H26N4O2. The zero-order valence-corrected chi connectivity index (χ0v) is 13.8. The Morgan fingerprint density at radius 1 is 1.43 bits per heavy atom. The van der Waals surface area contributed by atoms with Crippen molar-refractivity contribution in [3.8, 4) is 0 Å². The standard InChI is InChI=1S/C17H26N4O2/c1-20-10-13(9-19-20)11-21-4-5-23-16-7-14(6-15(16)21)17(22)18-8-12-2-3-12/h9-10,12,14-16H,2-8,11H2,1H3,(H,18,22)/t14-,15+,16+/m0/s1. The van der Waals surface area contributed by atoms with Gasteiger partial charge in [-0.1, -0.05) is 0 Å². The molecule has 1 N–H and O–H groups in total. The Morgan fingerprint density at radius 2 is 2.30 bits per heavy atom. The summed E-state index contributed by atoms with van der Waals surface area (Å²) < 4.78 is 7.79. The van der Waals surface area contributed by atoms with Gasteiger partial charge in [-0.15, -0.1) is 0 Å². The van der Waals surface area contributed by atoms with Crippen LogP contribution in [0.2, 0.25) is 0 Å². The molecule has 3 atom stereocenters. The molecule has 2 saturated carbocycles. The molecule has 2 aliphatic carbocycles. The van der Waals surface area contributed by atoms with Crippen LogP contribution < -0.4 is 5.32 Å². The fraction of sp³-hybridized carbons (Fsp3) is 0.765. The Labute approximate surface area is 137 Å². The number of aromatic nitrogens is 2. The molecule has 1 aromatic heterocycles. The van der Waals surface area contributed by atoms with Gasteiger partial charge in [-0.3, -0.25) is 14.4 Å². The Bertz CT molecular complexity index is 569. The zero-order valence-electron chi connectivity index (χ0n) is 13.8. The van der Waals surface area contributed by atoms with E-state index in [0.29, 0.717) is 6.04 Å². The van der Waals surface area contributed by atoms with E-state index in [1.54, 1.807) is 0 Å². The van der Waals surface area contributed by atoms with Crippen molar-refractivity contribution < 1.29 is 9.53 Å². The van der Waals surface area contributed by atoms with Crippen molar-refractivity contribution in [3.63, 3.8) is 0 Å². The molecule has 23 heavy (non-hydrogen) atoms. The van der Waals surface area contributed by atoms with Crippen LogP contribution in [0.4, 0.5) is 0 Å². The van der Waals surface area contributed by atoms with Crippen LogP contribution in [0.3, 0.4) is 0 Å². The smallest absolute Gasteiger partial charge is 0.223 e. The van der Waals surface area contributed by atoms with Crippen molar-refractivity contribution in [3.05, 3.63) is 18.0 Å². The van der Waals surface area contributed by atoms with E-state index in [1.807, 2.05) is 17.9 Å². The van der Waals surface area contributed by atoms with Gasteiger partial charge in [0, 0.05) is 50.4 Å². The summed E-state index contributed by atoms with van der Waals surface area (Å²) in [5.41, 5.74) is 1.23. The van der Waals surface area contributed by atoms with Crippen molar-refractivity contribution in [2.45, 2.75) is 44.4 Å². The predicted molar refractivity (Wildman–Crippen MR) is 85.6 cm³/mol. The molecule has 4 rings (SSSR count). The van der Waals surface area contributed by atoms with Crippen LogP contribution in [-0.2, 0) is 23.1 Å². The second kappa shape index (κ2) is 6.24. The van der Waals surface area contributed by atoms with Crippen LogP contribution >= 0.6 is 0 Å². The van der Waals surface area contributed by atoms with Crippen molar-refractivity contribution in [2.24, 2.45) is 18.9 Å². The minimum absolute atomic E-state index is 0.109. The summed E-state index contributed by atoms with van der Waals surface area (Å²) in [6, 6.07) is 0.362. The summed E-state index contributed by atoms with van der Waals surface area (Å²) in [5, 5.41) is 7.39. The molecule has 3 aliphatic rings. The van der Waals surface area contributed by atoms with Crippen LogP contribution in [0.25, 0.3) is 0 Å². The molecule has 126 valence electrons. The van der Waals surface area contributed by atoms with Crippen LogP contribution in [0.15, 0.2) is 12.4 Å². The van der Waals surface area contributed by atoms with Crippen molar-refractivity contribution in [1.29, 1.82) is 0 Å². The van der Waals surface area contributed by atoms with E-state index in [0.717, 1.165) is 45.0 Å². The van der Waals surface area contributed by atoms with Gasteiger partial charge >= 0.3 is 0 Å². The maximum Gasteiger partial charge on any atom is 0.223 e. The highest BCUT2D eigenvalue weighted by Gasteiger charge is 2.43. The molecule has 2 heterocycles. The molecule has 1 saturated heterocycles. The first-order valence-corrected chi connectivity index (χ1v) is 8.80. The fourth-order valence-electron chi connectivity index (χ4n) is 3.94. The lowest BCUT2D eigenvalue weighted by Crippen LogP contribution is -2.47. The average Bonchev–Trinajstić information content (AvgIpc) is 3.12. The molecule has 6 nitrogen and oxygen atoms in total. The predicted octanol–water partition coefficient (Wildman–Crippen LogP) is 0.926. The number of rotatable bonds is 5. The SMILES string of the molecule is Cn1cc(CN2CCO[C@@H]3C[C@@H](C(=O)NCC4CC4)C[C@H]32)cn1. The van der Waals surface area contributed by atoms with Gasteiger partial charge in [-0.25, -0.2) is 0 Å². The minimum atomic E-state index is 0.109. The number of nitrogens with one attached hydrogen (secondary N) is 1. The number of fused-ring (bicyclic) bond motifs is 1. The van der Waals surface area contributed by atoms with Gasteiger partial charge in [-0.05, 0) is 31.6 Å². The molecule has 6 heteroatoms. The van der Waals surface area contributed by atoms with Crippen LogP contribution in [0, 0.1) is 11.8 Å². The normalized spacial score (nSPS) is 31.1. The van der Waals surface area contributed by atoms with E-state index in [4.69, 9.17) is 4.74 Å². The zero-order chi connectivity index (χ0) is 15.8. The monoisotopic (exact) mass is 318 g/mol. The van der Waals surface area contributed by atoms with E-state index in [2.05, 4.69) is 21.5 Å². The molecule has 1 amide bonds. The van der Waals surface area contributed by atoms with E-state index in [9.17, 15) is 4.79 Å². The number of carbonyl (C=O) groups excluding carboxylic acids is 1. The number of hydrogen-bond acceptors (Lipinski definition) is 4. The topological polar surface area (TPSA) is 59.4 Å². The number of aryl methyl sites for hydroxylation is 1. The number of hydrogen-bond donors (Lipinski definition) is 1. The number of nitrogens with zero attached hydrogens (tertiary/aromatic N) is 3. The van der Waals surface area contributed by atoms with Gasteiger partial charge < -0.3 is 10.1 Å². The second-order valence-corrected chi connectivity index (χ2v) is 7.33. The number of amides is 1. The highest BCUT2D eigenvalue weighted by Crippen LogP contribution is 2.35. The molecule has 0 unspecified atom stereocenters. The van der Waals surface area contributed by atoms with Gasteiger partial charge in [0.15, 0.2) is 0 Å². The van der Waals surface area contributed by atoms with Gasteiger partial charge in [0.1, 0.15) is 0 Å². The number of morpholine rings is 1. The van der Waals surface area contributed by atoms with E-state index < -0.39 is 0 Å².